The van der Waals surface area contributed by atoms with Crippen LogP contribution in [-0.4, -0.2) is 66.8 Å². The fourth-order valence-electron chi connectivity index (χ4n) is 4.41. The van der Waals surface area contributed by atoms with Crippen LogP contribution in [0, 0.1) is 10.1 Å². The van der Waals surface area contributed by atoms with Gasteiger partial charge in [-0.05, 0) is 36.6 Å². The Kier molecular flexibility index (Phi) is 7.02. The van der Waals surface area contributed by atoms with Gasteiger partial charge in [0.05, 0.1) is 9.82 Å². The average molecular weight is 460 g/mol. The van der Waals surface area contributed by atoms with Gasteiger partial charge in [0.1, 0.15) is 5.69 Å². The highest BCUT2D eigenvalue weighted by Gasteiger charge is 2.30. The minimum atomic E-state index is -3.74. The number of piperazine rings is 1. The van der Waals surface area contributed by atoms with Crippen molar-refractivity contribution < 1.29 is 13.3 Å². The third-order valence-corrected chi connectivity index (χ3v) is 8.08. The number of hydrogen-bond acceptors (Lipinski definition) is 7. The van der Waals surface area contributed by atoms with Crippen LogP contribution in [0.15, 0.2) is 47.6 Å². The first-order valence-corrected chi connectivity index (χ1v) is 12.5. The Morgan fingerprint density at radius 3 is 2.31 bits per heavy atom. The van der Waals surface area contributed by atoms with E-state index in [9.17, 15) is 18.5 Å². The maximum Gasteiger partial charge on any atom is 0.293 e. The molecule has 0 N–H and O–H groups in total. The molecule has 32 heavy (non-hydrogen) atoms. The van der Waals surface area contributed by atoms with Crippen LogP contribution in [0.5, 0.6) is 0 Å². The standard InChI is InChI=1S/C22H29N5O4S/c28-27(29)22-16-20(32(30,31)26-10-3-1-2-4-11-26)7-8-21(22)25-14-12-24(13-15-25)18-19-6-5-9-23-17-19/h5-9,16-17H,1-4,10-15,18H2. The molecule has 1 aromatic carbocycles. The summed E-state index contributed by atoms with van der Waals surface area (Å²) in [5.74, 6) is 0. The zero-order valence-electron chi connectivity index (χ0n) is 18.1. The van der Waals surface area contributed by atoms with Crippen LogP contribution in [0.4, 0.5) is 11.4 Å². The van der Waals surface area contributed by atoms with Gasteiger partial charge in [0.15, 0.2) is 0 Å². The molecule has 0 bridgehead atoms. The summed E-state index contributed by atoms with van der Waals surface area (Å²) in [4.78, 5) is 19.8. The number of rotatable bonds is 6. The molecule has 10 heteroatoms. The Hall–Kier alpha value is -2.56. The van der Waals surface area contributed by atoms with E-state index in [0.29, 0.717) is 31.9 Å². The summed E-state index contributed by atoms with van der Waals surface area (Å²) in [5, 5.41) is 11.8. The molecular formula is C22H29N5O4S. The van der Waals surface area contributed by atoms with E-state index >= 15 is 0 Å². The van der Waals surface area contributed by atoms with Gasteiger partial charge in [-0.1, -0.05) is 18.9 Å². The molecule has 0 unspecified atom stereocenters. The first-order valence-electron chi connectivity index (χ1n) is 11.1. The second kappa shape index (κ2) is 9.93. The fourth-order valence-corrected chi connectivity index (χ4v) is 5.94. The minimum Gasteiger partial charge on any atom is -0.363 e. The van der Waals surface area contributed by atoms with Crippen molar-refractivity contribution in [1.29, 1.82) is 0 Å². The summed E-state index contributed by atoms with van der Waals surface area (Å²) in [5.41, 5.74) is 1.46. The lowest BCUT2D eigenvalue weighted by Gasteiger charge is -2.35. The number of nitro groups is 1. The monoisotopic (exact) mass is 459 g/mol. The number of hydrogen-bond donors (Lipinski definition) is 0. The van der Waals surface area contributed by atoms with E-state index in [0.717, 1.165) is 50.9 Å². The number of anilines is 1. The highest BCUT2D eigenvalue weighted by molar-refractivity contribution is 7.89. The van der Waals surface area contributed by atoms with Gasteiger partial charge in [-0.2, -0.15) is 4.31 Å². The summed E-state index contributed by atoms with van der Waals surface area (Å²) >= 11 is 0. The molecule has 2 saturated heterocycles. The second-order valence-corrected chi connectivity index (χ2v) is 10.3. The molecular weight excluding hydrogens is 430 g/mol. The lowest BCUT2D eigenvalue weighted by Crippen LogP contribution is -2.46. The first kappa shape index (κ1) is 22.6. The van der Waals surface area contributed by atoms with Gasteiger partial charge in [-0.25, -0.2) is 8.42 Å². The fraction of sp³-hybridized carbons (Fsp3) is 0.500. The zero-order chi connectivity index (χ0) is 22.6. The molecule has 0 saturated carbocycles. The van der Waals surface area contributed by atoms with Crippen molar-refractivity contribution in [3.63, 3.8) is 0 Å². The van der Waals surface area contributed by atoms with Crippen LogP contribution in [0.1, 0.15) is 31.2 Å². The molecule has 3 heterocycles. The molecule has 9 nitrogen and oxygen atoms in total. The van der Waals surface area contributed by atoms with Gasteiger partial charge in [-0.3, -0.25) is 20.0 Å². The number of nitrogens with zero attached hydrogens (tertiary/aromatic N) is 5. The predicted octanol–water partition coefficient (Wildman–Crippen LogP) is 2.88. The van der Waals surface area contributed by atoms with E-state index in [1.54, 1.807) is 12.3 Å². The van der Waals surface area contributed by atoms with Crippen molar-refractivity contribution in [2.75, 3.05) is 44.2 Å². The average Bonchev–Trinajstić information content (AvgIpc) is 3.10. The van der Waals surface area contributed by atoms with Gasteiger partial charge in [0.2, 0.25) is 10.0 Å². The highest BCUT2D eigenvalue weighted by atomic mass is 32.2. The lowest BCUT2D eigenvalue weighted by molar-refractivity contribution is -0.384. The molecule has 0 spiro atoms. The normalized spacial score (nSPS) is 18.9. The molecule has 4 rings (SSSR count). The number of sulfonamides is 1. The summed E-state index contributed by atoms with van der Waals surface area (Å²) in [6.07, 6.45) is 7.26. The Bertz CT molecular complexity index is 1030. The summed E-state index contributed by atoms with van der Waals surface area (Å²) in [6, 6.07) is 8.30. The van der Waals surface area contributed by atoms with Crippen LogP contribution in [0.2, 0.25) is 0 Å². The Morgan fingerprint density at radius 1 is 0.969 bits per heavy atom. The largest absolute Gasteiger partial charge is 0.363 e. The molecule has 2 fully saturated rings. The van der Waals surface area contributed by atoms with E-state index in [4.69, 9.17) is 0 Å². The molecule has 0 aliphatic carbocycles. The number of nitro benzene ring substituents is 1. The number of aromatic nitrogens is 1. The van der Waals surface area contributed by atoms with E-state index in [-0.39, 0.29) is 10.6 Å². The highest BCUT2D eigenvalue weighted by Crippen LogP contribution is 2.33. The zero-order valence-corrected chi connectivity index (χ0v) is 18.9. The Balaban J connectivity index is 1.49. The van der Waals surface area contributed by atoms with E-state index < -0.39 is 14.9 Å². The molecule has 2 aliphatic heterocycles. The van der Waals surface area contributed by atoms with Crippen molar-refractivity contribution in [2.45, 2.75) is 37.1 Å². The topological polar surface area (TPSA) is 99.9 Å². The van der Waals surface area contributed by atoms with E-state index in [2.05, 4.69) is 9.88 Å². The Labute approximate surface area is 188 Å². The van der Waals surface area contributed by atoms with Gasteiger partial charge >= 0.3 is 0 Å². The molecule has 2 aliphatic rings. The summed E-state index contributed by atoms with van der Waals surface area (Å²) < 4.78 is 27.7. The van der Waals surface area contributed by atoms with Crippen LogP contribution in [0.25, 0.3) is 0 Å². The molecule has 2 aromatic rings. The molecule has 0 atom stereocenters. The van der Waals surface area contributed by atoms with Crippen molar-refractivity contribution in [3.8, 4) is 0 Å². The molecule has 0 radical (unpaired) electrons. The summed E-state index contributed by atoms with van der Waals surface area (Å²) in [7, 11) is -3.74. The van der Waals surface area contributed by atoms with E-state index in [1.807, 2.05) is 23.2 Å². The van der Waals surface area contributed by atoms with Crippen LogP contribution < -0.4 is 4.90 Å². The van der Waals surface area contributed by atoms with Gasteiger partial charge < -0.3 is 4.90 Å². The van der Waals surface area contributed by atoms with Crippen LogP contribution >= 0.6 is 0 Å². The van der Waals surface area contributed by atoms with Crippen molar-refractivity contribution in [2.24, 2.45) is 0 Å². The SMILES string of the molecule is O=[N+]([O-])c1cc(S(=O)(=O)N2CCCCCC2)ccc1N1CCN(Cc2cccnc2)CC1. The minimum absolute atomic E-state index is 0.00469. The molecule has 0 amide bonds. The predicted molar refractivity (Wildman–Crippen MR) is 122 cm³/mol. The maximum atomic E-state index is 13.1. The van der Waals surface area contributed by atoms with Crippen molar-refractivity contribution >= 4 is 21.4 Å². The third kappa shape index (κ3) is 5.08. The second-order valence-electron chi connectivity index (χ2n) is 8.35. The van der Waals surface area contributed by atoms with Crippen molar-refractivity contribution in [1.82, 2.24) is 14.2 Å². The molecule has 172 valence electrons. The maximum absolute atomic E-state index is 13.1. The van der Waals surface area contributed by atoms with Crippen molar-refractivity contribution in [3.05, 3.63) is 58.4 Å². The van der Waals surface area contributed by atoms with Gasteiger partial charge in [0.25, 0.3) is 5.69 Å². The van der Waals surface area contributed by atoms with E-state index in [1.165, 1.54) is 16.4 Å². The smallest absolute Gasteiger partial charge is 0.293 e. The quantitative estimate of drug-likeness (QED) is 0.484. The van der Waals surface area contributed by atoms with Crippen LogP contribution in [0.3, 0.4) is 0 Å². The Morgan fingerprint density at radius 2 is 1.69 bits per heavy atom. The molecule has 1 aromatic heterocycles. The van der Waals surface area contributed by atoms with Crippen LogP contribution in [-0.2, 0) is 16.6 Å². The number of benzene rings is 1. The first-order chi connectivity index (χ1) is 15.4. The summed E-state index contributed by atoms with van der Waals surface area (Å²) in [6.45, 7) is 4.53. The third-order valence-electron chi connectivity index (χ3n) is 6.19. The number of pyridine rings is 1. The lowest BCUT2D eigenvalue weighted by atomic mass is 10.2. The van der Waals surface area contributed by atoms with Gasteiger partial charge in [0, 0.05) is 64.3 Å². The van der Waals surface area contributed by atoms with Gasteiger partial charge in [-0.15, -0.1) is 0 Å².